The maximum atomic E-state index is 12.8. The minimum Gasteiger partial charge on any atom is -0.497 e. The normalized spacial score (nSPS) is 17.0. The second-order valence-electron chi connectivity index (χ2n) is 7.64. The summed E-state index contributed by atoms with van der Waals surface area (Å²) in [5.41, 5.74) is 2.15. The molecule has 1 fully saturated rings. The molecule has 2 heterocycles. The van der Waals surface area contributed by atoms with Crippen molar-refractivity contribution in [3.05, 3.63) is 54.1 Å². The highest BCUT2D eigenvalue weighted by Crippen LogP contribution is 2.36. The summed E-state index contributed by atoms with van der Waals surface area (Å²) in [5, 5.41) is 3.94. The molecule has 4 rings (SSSR count). The first-order valence-corrected chi connectivity index (χ1v) is 11.7. The van der Waals surface area contributed by atoms with Crippen molar-refractivity contribution in [3.8, 4) is 11.5 Å². The molecule has 0 unspecified atom stereocenters. The number of piperidine rings is 1. The zero-order valence-electron chi connectivity index (χ0n) is 18.6. The lowest BCUT2D eigenvalue weighted by Crippen LogP contribution is -2.46. The summed E-state index contributed by atoms with van der Waals surface area (Å²) in [6, 6.07) is 15.2. The number of nitrogens with one attached hydrogen (secondary N) is 1. The number of aliphatic imine (C=N–C) groups is 2. The topological polar surface area (TPSA) is 75.5 Å². The number of methoxy groups -OCH3 is 2. The molecule has 1 spiro atoms. The van der Waals surface area contributed by atoms with Crippen LogP contribution in [0.2, 0.25) is 0 Å². The second-order valence-corrected chi connectivity index (χ2v) is 8.89. The van der Waals surface area contributed by atoms with Crippen LogP contribution < -0.4 is 14.8 Å². The summed E-state index contributed by atoms with van der Waals surface area (Å²) >= 11 is 1.71. The van der Waals surface area contributed by atoms with Crippen LogP contribution in [-0.4, -0.2) is 60.4 Å². The van der Waals surface area contributed by atoms with Gasteiger partial charge in [-0.1, -0.05) is 19.1 Å². The lowest BCUT2D eigenvalue weighted by atomic mass is 9.98. The first kappa shape index (κ1) is 22.2. The smallest absolute Gasteiger partial charge is 0.321 e. The number of hydrogen-bond donors (Lipinski definition) is 1. The molecule has 2 aromatic carbocycles. The Balaban J connectivity index is 1.47. The number of carbonyl (C=O) groups is 1. The summed E-state index contributed by atoms with van der Waals surface area (Å²) in [4.78, 5) is 24.8. The summed E-state index contributed by atoms with van der Waals surface area (Å²) in [6.07, 6.45) is 1.39. The van der Waals surface area contributed by atoms with Gasteiger partial charge < -0.3 is 19.7 Å². The third-order valence-electron chi connectivity index (χ3n) is 5.68. The van der Waals surface area contributed by atoms with Gasteiger partial charge in [-0.25, -0.2) is 9.79 Å². The fraction of sp³-hybridized carbons (Fsp3) is 0.375. The monoisotopic (exact) mass is 452 g/mol. The molecule has 0 aliphatic carbocycles. The van der Waals surface area contributed by atoms with E-state index in [2.05, 4.69) is 12.2 Å². The predicted octanol–water partition coefficient (Wildman–Crippen LogP) is 4.68. The molecule has 7 nitrogen and oxygen atoms in total. The maximum Gasteiger partial charge on any atom is 0.321 e. The molecule has 2 aromatic rings. The average Bonchev–Trinajstić information content (AvgIpc) is 3.17. The number of ether oxygens (including phenoxy) is 2. The van der Waals surface area contributed by atoms with Crippen LogP contribution in [0, 0.1) is 0 Å². The molecule has 0 saturated carbocycles. The lowest BCUT2D eigenvalue weighted by Gasteiger charge is -2.35. The minimum absolute atomic E-state index is 0.131. The first-order valence-electron chi connectivity index (χ1n) is 10.7. The molecule has 32 heavy (non-hydrogen) atoms. The molecule has 0 atom stereocenters. The fourth-order valence-electron chi connectivity index (χ4n) is 3.93. The molecule has 0 aromatic heterocycles. The van der Waals surface area contributed by atoms with Gasteiger partial charge in [0.1, 0.15) is 16.5 Å². The van der Waals surface area contributed by atoms with E-state index in [0.29, 0.717) is 37.4 Å². The summed E-state index contributed by atoms with van der Waals surface area (Å²) in [7, 11) is 3.26. The summed E-state index contributed by atoms with van der Waals surface area (Å²) < 4.78 is 10.6. The van der Waals surface area contributed by atoms with Crippen LogP contribution in [0.3, 0.4) is 0 Å². The second kappa shape index (κ2) is 9.65. The van der Waals surface area contributed by atoms with Crippen LogP contribution in [-0.2, 0) is 0 Å². The molecule has 1 saturated heterocycles. The van der Waals surface area contributed by atoms with Crippen molar-refractivity contribution >= 4 is 34.2 Å². The van der Waals surface area contributed by atoms with Gasteiger partial charge in [-0.15, -0.1) is 11.8 Å². The number of benzene rings is 2. The van der Waals surface area contributed by atoms with E-state index in [9.17, 15) is 4.79 Å². The number of rotatable bonds is 5. The van der Waals surface area contributed by atoms with Crippen molar-refractivity contribution in [3.63, 3.8) is 0 Å². The number of nitrogens with zero attached hydrogens (tertiary/aromatic N) is 3. The quantitative estimate of drug-likeness (QED) is 0.715. The van der Waals surface area contributed by atoms with Crippen LogP contribution in [0.4, 0.5) is 10.5 Å². The van der Waals surface area contributed by atoms with Crippen LogP contribution >= 0.6 is 11.8 Å². The van der Waals surface area contributed by atoms with Gasteiger partial charge in [0.2, 0.25) is 0 Å². The standard InChI is InChI=1S/C24H28N4O3S/c1-4-32-22-21(17-9-11-18(30-2)12-10-17)26-24(27-22)13-15-28(16-14-24)23(29)25-19-7-5-6-8-20(19)31-3/h5-12H,4,13-16H2,1-3H3,(H,25,29). The molecule has 1 N–H and O–H groups in total. The van der Waals surface area contributed by atoms with Crippen molar-refractivity contribution in [2.24, 2.45) is 9.98 Å². The average molecular weight is 453 g/mol. The third kappa shape index (κ3) is 4.60. The third-order valence-corrected chi connectivity index (χ3v) is 6.52. The predicted molar refractivity (Wildman–Crippen MR) is 131 cm³/mol. The summed E-state index contributed by atoms with van der Waals surface area (Å²) in [5.74, 6) is 2.39. The SMILES string of the molecule is CCSC1=NC2(CCN(C(=O)Nc3ccccc3OC)CC2)N=C1c1ccc(OC)cc1. The van der Waals surface area contributed by atoms with E-state index in [-0.39, 0.29) is 6.03 Å². The van der Waals surface area contributed by atoms with Gasteiger partial charge in [-0.3, -0.25) is 4.99 Å². The number of amides is 2. The largest absolute Gasteiger partial charge is 0.497 e. The van der Waals surface area contributed by atoms with E-state index in [1.807, 2.05) is 53.4 Å². The lowest BCUT2D eigenvalue weighted by molar-refractivity contribution is 0.175. The molecule has 2 aliphatic heterocycles. The zero-order valence-corrected chi connectivity index (χ0v) is 19.4. The highest BCUT2D eigenvalue weighted by atomic mass is 32.2. The van der Waals surface area contributed by atoms with E-state index in [1.54, 1.807) is 26.0 Å². The Morgan fingerprint density at radius 3 is 2.44 bits per heavy atom. The van der Waals surface area contributed by atoms with Gasteiger partial charge >= 0.3 is 6.03 Å². The Bertz CT molecular complexity index is 1030. The summed E-state index contributed by atoms with van der Waals surface area (Å²) in [6.45, 7) is 3.30. The van der Waals surface area contributed by atoms with Crippen LogP contribution in [0.15, 0.2) is 58.5 Å². The van der Waals surface area contributed by atoms with E-state index in [4.69, 9.17) is 19.5 Å². The van der Waals surface area contributed by atoms with Gasteiger partial charge in [0.25, 0.3) is 0 Å². The van der Waals surface area contributed by atoms with Gasteiger partial charge in [-0.05, 0) is 42.2 Å². The van der Waals surface area contributed by atoms with Crippen LogP contribution in [0.5, 0.6) is 11.5 Å². The van der Waals surface area contributed by atoms with E-state index < -0.39 is 5.66 Å². The van der Waals surface area contributed by atoms with Gasteiger partial charge in [0, 0.05) is 31.5 Å². The first-order chi connectivity index (χ1) is 15.6. The number of thioether (sulfide) groups is 1. The number of carbonyl (C=O) groups excluding carboxylic acids is 1. The zero-order chi connectivity index (χ0) is 22.6. The Morgan fingerprint density at radius 2 is 1.78 bits per heavy atom. The Kier molecular flexibility index (Phi) is 6.69. The number of likely N-dealkylation sites (tertiary alicyclic amines) is 1. The van der Waals surface area contributed by atoms with E-state index in [0.717, 1.165) is 27.8 Å². The van der Waals surface area contributed by atoms with Crippen molar-refractivity contribution in [2.45, 2.75) is 25.4 Å². The molecule has 8 heteroatoms. The van der Waals surface area contributed by atoms with Crippen molar-refractivity contribution < 1.29 is 14.3 Å². The molecule has 0 radical (unpaired) electrons. The van der Waals surface area contributed by atoms with Crippen molar-refractivity contribution in [2.75, 3.05) is 38.4 Å². The van der Waals surface area contributed by atoms with E-state index >= 15 is 0 Å². The highest BCUT2D eigenvalue weighted by Gasteiger charge is 2.40. The number of para-hydroxylation sites is 2. The van der Waals surface area contributed by atoms with E-state index in [1.165, 1.54) is 0 Å². The molecule has 0 bridgehead atoms. The molecular formula is C24H28N4O3S. The van der Waals surface area contributed by atoms with Gasteiger partial charge in [-0.2, -0.15) is 0 Å². The Morgan fingerprint density at radius 1 is 1.06 bits per heavy atom. The molecular weight excluding hydrogens is 424 g/mol. The van der Waals surface area contributed by atoms with Crippen LogP contribution in [0.1, 0.15) is 25.3 Å². The maximum absolute atomic E-state index is 12.8. The highest BCUT2D eigenvalue weighted by molar-refractivity contribution is 8.15. The molecule has 2 aliphatic rings. The fourth-order valence-corrected chi connectivity index (χ4v) is 4.74. The number of hydrogen-bond acceptors (Lipinski definition) is 6. The van der Waals surface area contributed by atoms with Crippen molar-refractivity contribution in [1.29, 1.82) is 0 Å². The Labute approximate surface area is 192 Å². The van der Waals surface area contributed by atoms with Gasteiger partial charge in [0.05, 0.1) is 25.6 Å². The van der Waals surface area contributed by atoms with Crippen molar-refractivity contribution in [1.82, 2.24) is 4.90 Å². The Hall–Kier alpha value is -3.00. The minimum atomic E-state index is -0.492. The number of anilines is 1. The molecule has 168 valence electrons. The van der Waals surface area contributed by atoms with Crippen LogP contribution in [0.25, 0.3) is 0 Å². The van der Waals surface area contributed by atoms with Gasteiger partial charge in [0.15, 0.2) is 5.66 Å². The molecule has 2 amide bonds. The number of urea groups is 1.